The Kier molecular flexibility index (Phi) is 14.2. The van der Waals surface area contributed by atoms with Gasteiger partial charge in [0.2, 0.25) is 23.6 Å². The Morgan fingerprint density at radius 2 is 0.688 bits per heavy atom. The molecule has 0 N–H and O–H groups in total. The number of rotatable bonds is 6. The fourth-order valence-corrected chi connectivity index (χ4v) is 6.69. The number of nitrogens with zero attached hydrogens (tertiary/aromatic N) is 4. The number of aromatic nitrogens is 4. The van der Waals surface area contributed by atoms with Crippen molar-refractivity contribution in [2.24, 2.45) is 0 Å². The fourth-order valence-electron chi connectivity index (χ4n) is 6.43. The molecule has 3 fully saturated rings. The molecular formula is C47H57B3BrFN4O8. The van der Waals surface area contributed by atoms with Crippen LogP contribution in [0.2, 0.25) is 0 Å². The van der Waals surface area contributed by atoms with Crippen molar-refractivity contribution >= 4 is 42.5 Å². The lowest BCUT2D eigenvalue weighted by Crippen LogP contribution is -2.41. The van der Waals surface area contributed by atoms with Crippen LogP contribution in [0.4, 0.5) is 4.39 Å². The van der Waals surface area contributed by atoms with E-state index in [0.717, 1.165) is 32.2 Å². The van der Waals surface area contributed by atoms with Gasteiger partial charge in [-0.2, -0.15) is 0 Å². The van der Waals surface area contributed by atoms with Crippen LogP contribution in [0.1, 0.15) is 84.5 Å². The number of hydrogen-bond donors (Lipinski definition) is 0. The van der Waals surface area contributed by atoms with Crippen molar-refractivity contribution in [3.63, 3.8) is 0 Å². The minimum atomic E-state index is -1.00. The molecule has 3 saturated heterocycles. The number of benzene rings is 4. The Bertz CT molecular complexity index is 2380. The fraction of sp³-hybridized carbons (Fsp3) is 0.404. The van der Waals surface area contributed by atoms with Gasteiger partial charge >= 0.3 is 21.1 Å². The Morgan fingerprint density at radius 3 is 1.00 bits per heavy atom. The first-order valence-corrected chi connectivity index (χ1v) is 21.8. The molecule has 3 aliphatic rings. The number of alkyl halides is 1. The van der Waals surface area contributed by atoms with Gasteiger partial charge < -0.3 is 36.8 Å². The normalized spacial score (nSPS) is 19.7. The minimum Gasteiger partial charge on any atom is -0.416 e. The third-order valence-corrected chi connectivity index (χ3v) is 13.0. The average molecular weight is 938 g/mol. The lowest BCUT2D eigenvalue weighted by atomic mass is 9.49. The molecule has 0 spiro atoms. The van der Waals surface area contributed by atoms with Crippen molar-refractivity contribution in [3.05, 3.63) is 114 Å². The predicted molar refractivity (Wildman–Crippen MR) is 253 cm³/mol. The van der Waals surface area contributed by atoms with E-state index in [1.807, 2.05) is 192 Å². The maximum atomic E-state index is 9.96. The third kappa shape index (κ3) is 10.8. The van der Waals surface area contributed by atoms with E-state index >= 15 is 0 Å². The zero-order chi connectivity index (χ0) is 47.4. The van der Waals surface area contributed by atoms with Gasteiger partial charge in [0.05, 0.1) is 42.1 Å². The summed E-state index contributed by atoms with van der Waals surface area (Å²) < 4.78 is 64.0. The van der Waals surface area contributed by atoms with Crippen LogP contribution < -0.4 is 5.46 Å². The Morgan fingerprint density at radius 1 is 0.422 bits per heavy atom. The monoisotopic (exact) mass is 937 g/mol. The van der Waals surface area contributed by atoms with Gasteiger partial charge in [-0.3, -0.25) is 4.39 Å². The van der Waals surface area contributed by atoms with Gasteiger partial charge in [0.25, 0.3) is 0 Å². The van der Waals surface area contributed by atoms with Gasteiger partial charge in [-0.05, 0) is 149 Å². The van der Waals surface area contributed by atoms with E-state index in [9.17, 15) is 4.39 Å². The highest BCUT2D eigenvalue weighted by atomic mass is 79.9. The van der Waals surface area contributed by atoms with Crippen LogP contribution >= 0.6 is 15.9 Å². The van der Waals surface area contributed by atoms with Crippen molar-refractivity contribution in [3.8, 4) is 45.8 Å². The largest absolute Gasteiger partial charge is 0.494 e. The molecule has 336 valence electrons. The molecule has 0 bridgehead atoms. The molecule has 3 aliphatic heterocycles. The summed E-state index contributed by atoms with van der Waals surface area (Å²) in [4.78, 5) is 0. The van der Waals surface area contributed by atoms with Crippen molar-refractivity contribution < 1.29 is 42.5 Å². The predicted octanol–water partition coefficient (Wildman–Crippen LogP) is 10.7. The summed E-state index contributed by atoms with van der Waals surface area (Å²) in [5.41, 5.74) is 2.42. The summed E-state index contributed by atoms with van der Waals surface area (Å²) in [5, 5.41) is 16.4. The summed E-state index contributed by atoms with van der Waals surface area (Å²) in [5.74, 6) is 2.06. The molecule has 0 radical (unpaired) electrons. The summed E-state index contributed by atoms with van der Waals surface area (Å²) in [7, 11) is -2.33. The second-order valence-corrected chi connectivity index (χ2v) is 19.4. The van der Waals surface area contributed by atoms with E-state index in [2.05, 4.69) is 36.3 Å². The lowest BCUT2D eigenvalue weighted by molar-refractivity contribution is 0.00578. The van der Waals surface area contributed by atoms with E-state index < -0.39 is 21.2 Å². The molecule has 12 nitrogen and oxygen atoms in total. The molecule has 5 heterocycles. The molecule has 6 aromatic rings. The maximum absolute atomic E-state index is 9.96. The third-order valence-electron chi connectivity index (χ3n) is 12.4. The second-order valence-electron chi connectivity index (χ2n) is 18.5. The van der Waals surface area contributed by atoms with Crippen LogP contribution in [-0.4, -0.2) is 82.3 Å². The standard InChI is InChI=1S/C20H21BN2O3.C14H9BrN2O.C12H24B2O4.CH3F/c1-19(2)20(3,4)26-21(25-19)16-12-10-15(11-13-16)18-23-22-17(24-18)14-8-6-5-7-9-14;15-12-8-6-11(7-9-12)14-17-16-13(18-14)10-4-2-1-3-5-10;1-9(2)10(3,4)16-13(15-9)14-17-11(5,6)12(7,8)18-14;1-2/h5-13H,1-4H3;1-9H;1-8H3;1H3/i;;;1D. The zero-order valence-corrected chi connectivity index (χ0v) is 40.2. The highest BCUT2D eigenvalue weighted by Gasteiger charge is 2.63. The van der Waals surface area contributed by atoms with E-state index in [4.69, 9.17) is 38.1 Å². The van der Waals surface area contributed by atoms with Crippen LogP contribution in [0.25, 0.3) is 45.8 Å². The van der Waals surface area contributed by atoms with E-state index in [1.165, 1.54) is 0 Å². The van der Waals surface area contributed by atoms with Crippen LogP contribution in [0.5, 0.6) is 0 Å². The maximum Gasteiger partial charge on any atom is 0.494 e. The first kappa shape index (κ1) is 47.5. The van der Waals surface area contributed by atoms with E-state index in [0.29, 0.717) is 23.6 Å². The van der Waals surface area contributed by atoms with Crippen LogP contribution in [0, 0.1) is 0 Å². The van der Waals surface area contributed by atoms with E-state index in [1.54, 1.807) is 0 Å². The number of halogens is 2. The van der Waals surface area contributed by atoms with Gasteiger partial charge in [0, 0.05) is 26.7 Å². The summed E-state index contributed by atoms with van der Waals surface area (Å²) in [6, 6.07) is 35.1. The summed E-state index contributed by atoms with van der Waals surface area (Å²) >= 11 is 3.39. The summed E-state index contributed by atoms with van der Waals surface area (Å²) in [6.07, 6.45) is 0. The van der Waals surface area contributed by atoms with Crippen molar-refractivity contribution in [2.75, 3.05) is 7.15 Å². The average Bonchev–Trinajstić information content (AvgIpc) is 4.07. The Hall–Kier alpha value is -4.48. The van der Waals surface area contributed by atoms with Gasteiger partial charge in [0.1, 0.15) is 0 Å². The van der Waals surface area contributed by atoms with Crippen molar-refractivity contribution in [1.82, 2.24) is 20.4 Å². The first-order chi connectivity index (χ1) is 30.5. The summed E-state index contributed by atoms with van der Waals surface area (Å²) in [6.45, 7) is 24.4. The van der Waals surface area contributed by atoms with Gasteiger partial charge in [-0.1, -0.05) is 64.5 Å². The highest BCUT2D eigenvalue weighted by molar-refractivity contribution is 9.10. The quantitative estimate of drug-likeness (QED) is 0.147. The molecule has 0 unspecified atom stereocenters. The van der Waals surface area contributed by atoms with Gasteiger partial charge in [-0.25, -0.2) is 0 Å². The molecule has 0 amide bonds. The first-order valence-electron chi connectivity index (χ1n) is 21.7. The molecular weight excluding hydrogens is 880 g/mol. The smallest absolute Gasteiger partial charge is 0.416 e. The molecule has 2 aromatic heterocycles. The number of hydrogen-bond acceptors (Lipinski definition) is 12. The highest BCUT2D eigenvalue weighted by Crippen LogP contribution is 2.43. The van der Waals surface area contributed by atoms with E-state index in [-0.39, 0.29) is 40.7 Å². The molecule has 17 heteroatoms. The molecule has 0 atom stereocenters. The lowest BCUT2D eigenvalue weighted by Gasteiger charge is -2.32. The molecule has 0 saturated carbocycles. The molecule has 0 aliphatic carbocycles. The van der Waals surface area contributed by atoms with Crippen molar-refractivity contribution in [1.29, 1.82) is 0 Å². The van der Waals surface area contributed by atoms with Crippen LogP contribution in [0.3, 0.4) is 0 Å². The van der Waals surface area contributed by atoms with Crippen LogP contribution in [-0.2, 0) is 27.9 Å². The molecule has 9 rings (SSSR count). The SMILES string of the molecule is Brc1ccc(-c2nnc(-c3ccccc3)o2)cc1.CC1(C)OB(B2OC(C)(C)C(C)(C)O2)OC1(C)C.CC1(C)OB(c2ccc(-c3nnc(-c4ccccc4)o3)cc2)OC1(C)C.[2H]CF. The topological polar surface area (TPSA) is 133 Å². The second kappa shape index (κ2) is 19.2. The van der Waals surface area contributed by atoms with Gasteiger partial charge in [0.15, 0.2) is 0 Å². The minimum absolute atomic E-state index is 0.354. The Balaban J connectivity index is 0.000000161. The molecule has 64 heavy (non-hydrogen) atoms. The van der Waals surface area contributed by atoms with Crippen LogP contribution in [0.15, 0.2) is 123 Å². The Labute approximate surface area is 387 Å². The van der Waals surface area contributed by atoms with Gasteiger partial charge in [-0.15, -0.1) is 20.4 Å². The van der Waals surface area contributed by atoms with Crippen molar-refractivity contribution in [2.45, 2.75) is 117 Å². The molecule has 4 aromatic carbocycles. The zero-order valence-electron chi connectivity index (χ0n) is 39.6.